The third-order valence-electron chi connectivity index (χ3n) is 3.37. The van der Waals surface area contributed by atoms with Gasteiger partial charge in [0.2, 0.25) is 0 Å². The van der Waals surface area contributed by atoms with Gasteiger partial charge in [0.05, 0.1) is 22.9 Å². The number of nitriles is 1. The summed E-state index contributed by atoms with van der Waals surface area (Å²) in [5, 5.41) is 9.06. The Bertz CT molecular complexity index is 697. The number of hydrogen-bond donors (Lipinski definition) is 0. The van der Waals surface area contributed by atoms with Crippen LogP contribution in [0.15, 0.2) is 42.1 Å². The van der Waals surface area contributed by atoms with Crippen LogP contribution in [-0.4, -0.2) is 19.0 Å². The second-order valence-corrected chi connectivity index (χ2v) is 5.00. The predicted octanol–water partition coefficient (Wildman–Crippen LogP) is 4.28. The van der Waals surface area contributed by atoms with Crippen LogP contribution in [0.25, 0.3) is 0 Å². The topological polar surface area (TPSA) is 44.1 Å². The molecule has 0 fully saturated rings. The number of benzene rings is 1. The number of aryl methyl sites for hydroxylation is 1. The van der Waals surface area contributed by atoms with Crippen molar-refractivity contribution in [3.63, 3.8) is 0 Å². The Kier molecular flexibility index (Phi) is 5.74. The smallest absolute Gasteiger partial charge is 0.342 e. The quantitative estimate of drug-likeness (QED) is 0.600. The molecule has 0 saturated heterocycles. The van der Waals surface area contributed by atoms with Gasteiger partial charge in [-0.2, -0.15) is 18.4 Å². The maximum Gasteiger partial charge on any atom is 0.415 e. The molecule has 1 aromatic carbocycles. The zero-order valence-corrected chi connectivity index (χ0v) is 13.2. The molecule has 0 bridgehead atoms. The van der Waals surface area contributed by atoms with Crippen LogP contribution in [0.3, 0.4) is 0 Å². The van der Waals surface area contributed by atoms with Crippen molar-refractivity contribution in [3.05, 3.63) is 53.3 Å². The third-order valence-corrected chi connectivity index (χ3v) is 3.37. The van der Waals surface area contributed by atoms with Gasteiger partial charge in [-0.1, -0.05) is 19.6 Å². The highest BCUT2D eigenvalue weighted by Crippen LogP contribution is 2.28. The van der Waals surface area contributed by atoms with Crippen molar-refractivity contribution in [1.29, 1.82) is 5.26 Å². The van der Waals surface area contributed by atoms with E-state index in [0.29, 0.717) is 11.3 Å². The van der Waals surface area contributed by atoms with Gasteiger partial charge in [0.1, 0.15) is 0 Å². The van der Waals surface area contributed by atoms with Crippen LogP contribution < -0.4 is 4.90 Å². The van der Waals surface area contributed by atoms with Crippen LogP contribution in [0, 0.1) is 18.3 Å². The number of Topliss-reactive ketones (excluding diaryl/α,β-unsaturated/α-hetero) is 1. The maximum atomic E-state index is 12.7. The Hall–Kier alpha value is -2.55. The summed E-state index contributed by atoms with van der Waals surface area (Å²) in [6, 6.07) is 6.86. The molecule has 1 aromatic rings. The fourth-order valence-corrected chi connectivity index (χ4v) is 1.87. The van der Waals surface area contributed by atoms with Crippen molar-refractivity contribution in [1.82, 2.24) is 0 Å². The van der Waals surface area contributed by atoms with Gasteiger partial charge in [-0.05, 0) is 30.7 Å². The van der Waals surface area contributed by atoms with E-state index in [1.54, 1.807) is 26.0 Å². The molecule has 0 amide bonds. The van der Waals surface area contributed by atoms with Gasteiger partial charge in [0, 0.05) is 19.2 Å². The first-order valence-corrected chi connectivity index (χ1v) is 6.87. The summed E-state index contributed by atoms with van der Waals surface area (Å²) in [6.07, 6.45) is -3.82. The molecule has 0 unspecified atom stereocenters. The zero-order chi connectivity index (χ0) is 17.8. The van der Waals surface area contributed by atoms with Crippen molar-refractivity contribution in [3.8, 4) is 6.07 Å². The summed E-state index contributed by atoms with van der Waals surface area (Å²) in [5.74, 6) is -0.447. The van der Waals surface area contributed by atoms with Gasteiger partial charge >= 0.3 is 6.18 Å². The summed E-state index contributed by atoms with van der Waals surface area (Å²) in [6.45, 7) is 6.29. The predicted molar refractivity (Wildman–Crippen MR) is 82.9 cm³/mol. The minimum absolute atomic E-state index is 0.0538. The highest BCUT2D eigenvalue weighted by molar-refractivity contribution is 5.99. The Balaban J connectivity index is 3.34. The molecule has 122 valence electrons. The van der Waals surface area contributed by atoms with Gasteiger partial charge in [0.25, 0.3) is 0 Å². The summed E-state index contributed by atoms with van der Waals surface area (Å²) >= 11 is 0. The number of ketones is 1. The zero-order valence-electron chi connectivity index (χ0n) is 13.2. The highest BCUT2D eigenvalue weighted by Gasteiger charge is 2.31. The van der Waals surface area contributed by atoms with E-state index in [1.807, 2.05) is 6.07 Å². The SMILES string of the molecule is C=C(/C=C(/C(=O)CC)N(C)c1ccc(C)c(C#N)c1)C(F)(F)F. The van der Waals surface area contributed by atoms with Gasteiger partial charge in [-0.15, -0.1) is 0 Å². The molecule has 0 aliphatic heterocycles. The average molecular weight is 322 g/mol. The molecule has 0 heterocycles. The molecule has 0 spiro atoms. The average Bonchev–Trinajstić information content (AvgIpc) is 2.50. The minimum atomic E-state index is -4.61. The molecule has 0 radical (unpaired) electrons. The van der Waals surface area contributed by atoms with E-state index in [4.69, 9.17) is 5.26 Å². The molecule has 0 saturated carbocycles. The van der Waals surface area contributed by atoms with Gasteiger partial charge in [0.15, 0.2) is 5.78 Å². The van der Waals surface area contributed by atoms with Crippen molar-refractivity contribution < 1.29 is 18.0 Å². The van der Waals surface area contributed by atoms with E-state index in [9.17, 15) is 18.0 Å². The van der Waals surface area contributed by atoms with Crippen LogP contribution in [0.1, 0.15) is 24.5 Å². The van der Waals surface area contributed by atoms with Crippen LogP contribution in [-0.2, 0) is 4.79 Å². The van der Waals surface area contributed by atoms with E-state index in [0.717, 1.165) is 11.6 Å². The molecule has 0 aliphatic carbocycles. The van der Waals surface area contributed by atoms with Crippen molar-refractivity contribution >= 4 is 11.5 Å². The fraction of sp³-hybridized carbons (Fsp3) is 0.294. The number of carbonyl (C=O) groups is 1. The molecule has 1 rings (SSSR count). The lowest BCUT2D eigenvalue weighted by molar-refractivity contribution is -0.115. The standard InChI is InChI=1S/C17H17F3N2O/c1-5-16(23)15(8-12(3)17(18,19)20)22(4)14-7-6-11(2)13(9-14)10-21/h6-9H,3,5H2,1-2,4H3/b15-8-. The Labute approximate surface area is 133 Å². The highest BCUT2D eigenvalue weighted by atomic mass is 19.4. The number of rotatable bonds is 5. The summed E-state index contributed by atoms with van der Waals surface area (Å²) in [5.41, 5.74) is 0.371. The lowest BCUT2D eigenvalue weighted by Gasteiger charge is -2.23. The molecule has 0 aromatic heterocycles. The van der Waals surface area contributed by atoms with Gasteiger partial charge in [-0.25, -0.2) is 0 Å². The monoisotopic (exact) mass is 322 g/mol. The van der Waals surface area contributed by atoms with Gasteiger partial charge in [-0.3, -0.25) is 4.79 Å². The number of halogens is 3. The lowest BCUT2D eigenvalue weighted by Crippen LogP contribution is -2.24. The fourth-order valence-electron chi connectivity index (χ4n) is 1.87. The number of likely N-dealkylation sites (N-methyl/N-ethyl adjacent to an activating group) is 1. The maximum absolute atomic E-state index is 12.7. The number of allylic oxidation sites excluding steroid dienone is 3. The number of nitrogens with zero attached hydrogens (tertiary/aromatic N) is 2. The van der Waals surface area contributed by atoms with E-state index < -0.39 is 17.5 Å². The third kappa shape index (κ3) is 4.46. The molecule has 6 heteroatoms. The number of carbonyl (C=O) groups excluding carboxylic acids is 1. The Morgan fingerprint density at radius 3 is 2.52 bits per heavy atom. The Morgan fingerprint density at radius 2 is 2.04 bits per heavy atom. The van der Waals surface area contributed by atoms with E-state index in [-0.39, 0.29) is 12.1 Å². The van der Waals surface area contributed by atoms with Crippen LogP contribution in [0.4, 0.5) is 18.9 Å². The van der Waals surface area contributed by atoms with Crippen LogP contribution in [0.5, 0.6) is 0 Å². The number of hydrogen-bond acceptors (Lipinski definition) is 3. The molecular weight excluding hydrogens is 305 g/mol. The molecule has 23 heavy (non-hydrogen) atoms. The lowest BCUT2D eigenvalue weighted by atomic mass is 10.1. The van der Waals surface area contributed by atoms with Crippen molar-refractivity contribution in [2.24, 2.45) is 0 Å². The molecular formula is C17H17F3N2O. The summed E-state index contributed by atoms with van der Waals surface area (Å²) in [4.78, 5) is 13.4. The number of alkyl halides is 3. The first kappa shape index (κ1) is 18.5. The largest absolute Gasteiger partial charge is 0.415 e. The molecule has 0 aliphatic rings. The number of anilines is 1. The van der Waals surface area contributed by atoms with Crippen LogP contribution in [0.2, 0.25) is 0 Å². The first-order chi connectivity index (χ1) is 10.6. The van der Waals surface area contributed by atoms with E-state index in [1.165, 1.54) is 18.0 Å². The first-order valence-electron chi connectivity index (χ1n) is 6.87. The summed E-state index contributed by atoms with van der Waals surface area (Å²) < 4.78 is 38.1. The molecule has 0 N–H and O–H groups in total. The van der Waals surface area contributed by atoms with Crippen molar-refractivity contribution in [2.75, 3.05) is 11.9 Å². The molecule has 0 atom stereocenters. The van der Waals surface area contributed by atoms with E-state index >= 15 is 0 Å². The minimum Gasteiger partial charge on any atom is -0.342 e. The normalized spacial score (nSPS) is 11.8. The second-order valence-electron chi connectivity index (χ2n) is 5.00. The van der Waals surface area contributed by atoms with Crippen molar-refractivity contribution in [2.45, 2.75) is 26.4 Å². The van der Waals surface area contributed by atoms with Crippen LogP contribution >= 0.6 is 0 Å². The molecule has 3 nitrogen and oxygen atoms in total. The summed E-state index contributed by atoms with van der Waals surface area (Å²) in [7, 11) is 1.48. The van der Waals surface area contributed by atoms with Gasteiger partial charge < -0.3 is 4.90 Å². The Morgan fingerprint density at radius 1 is 1.43 bits per heavy atom. The van der Waals surface area contributed by atoms with E-state index in [2.05, 4.69) is 6.58 Å². The second kappa shape index (κ2) is 7.14.